The lowest BCUT2D eigenvalue weighted by molar-refractivity contribution is -0.115. The summed E-state index contributed by atoms with van der Waals surface area (Å²) in [5.74, 6) is 0.205. The first-order valence-electron chi connectivity index (χ1n) is 12.1. The number of nitrogens with zero attached hydrogens (tertiary/aromatic N) is 2. The first-order chi connectivity index (χ1) is 17.1. The normalized spacial score (nSPS) is 16.7. The number of hydrogen-bond donors (Lipinski definition) is 3. The number of thioether (sulfide) groups is 1. The van der Waals surface area contributed by atoms with Crippen LogP contribution in [0.25, 0.3) is 16.8 Å². The molecule has 3 aromatic rings. The number of nitrogens with one attached hydrogen (secondary N) is 2. The van der Waals surface area contributed by atoms with Gasteiger partial charge in [-0.25, -0.2) is 9.97 Å². The van der Waals surface area contributed by atoms with Crippen LogP contribution in [0.5, 0.6) is 0 Å². The van der Waals surface area contributed by atoms with E-state index < -0.39 is 0 Å². The van der Waals surface area contributed by atoms with Crippen LogP contribution in [-0.2, 0) is 11.3 Å². The quantitative estimate of drug-likeness (QED) is 0.392. The van der Waals surface area contributed by atoms with E-state index in [1.54, 1.807) is 18.3 Å². The molecule has 2 aliphatic rings. The number of carbonyl (C=O) groups excluding carboxylic acids is 2. The van der Waals surface area contributed by atoms with Gasteiger partial charge in [0.05, 0.1) is 10.6 Å². The van der Waals surface area contributed by atoms with Crippen molar-refractivity contribution >= 4 is 45.7 Å². The zero-order chi connectivity index (χ0) is 25.0. The summed E-state index contributed by atoms with van der Waals surface area (Å²) in [5, 5.41) is 7.75. The Kier molecular flexibility index (Phi) is 10.3. The molecular weight excluding hydrogens is 458 g/mol. The van der Waals surface area contributed by atoms with Gasteiger partial charge in [0.15, 0.2) is 0 Å². The van der Waals surface area contributed by atoms with Gasteiger partial charge in [0.1, 0.15) is 0 Å². The standard InChI is InChI=1S/C14H16N4O2S.C11H11N.C2H6/c19-12-11(21-14(20)18-12)8-10-6-7-15-13(17-10)16-9-4-2-1-3-5-9;12-8-10-6-3-5-9-4-1-2-7-11(9)10;1-2/h6-9H,1-5H2,(H,15,16,17)(H,18,19,20);1-7H,8,12H2;1-2H3/b11-8-;;. The Morgan fingerprint density at radius 3 is 2.51 bits per heavy atom. The number of carbonyl (C=O) groups is 2. The van der Waals surface area contributed by atoms with Gasteiger partial charge in [-0.05, 0) is 53.1 Å². The van der Waals surface area contributed by atoms with Crippen molar-refractivity contribution in [1.29, 1.82) is 0 Å². The Hall–Kier alpha value is -3.23. The number of hydrogen-bond acceptors (Lipinski definition) is 7. The zero-order valence-electron chi connectivity index (χ0n) is 20.3. The fraction of sp³-hybridized carbons (Fsp3) is 0.333. The number of rotatable bonds is 4. The van der Waals surface area contributed by atoms with Gasteiger partial charge in [-0.3, -0.25) is 14.9 Å². The topological polar surface area (TPSA) is 110 Å². The molecule has 1 saturated carbocycles. The van der Waals surface area contributed by atoms with Crippen LogP contribution in [-0.4, -0.2) is 27.2 Å². The van der Waals surface area contributed by atoms with E-state index in [2.05, 4.69) is 44.9 Å². The maximum absolute atomic E-state index is 11.5. The van der Waals surface area contributed by atoms with Gasteiger partial charge in [-0.15, -0.1) is 0 Å². The highest BCUT2D eigenvalue weighted by Gasteiger charge is 2.25. The van der Waals surface area contributed by atoms with Crippen LogP contribution in [0, 0.1) is 0 Å². The van der Waals surface area contributed by atoms with Crippen LogP contribution >= 0.6 is 11.8 Å². The van der Waals surface area contributed by atoms with Crippen LogP contribution in [0.2, 0.25) is 0 Å². The smallest absolute Gasteiger partial charge is 0.290 e. The van der Waals surface area contributed by atoms with Crippen molar-refractivity contribution in [2.45, 2.75) is 58.5 Å². The summed E-state index contributed by atoms with van der Waals surface area (Å²) in [6, 6.07) is 16.7. The number of imide groups is 1. The van der Waals surface area contributed by atoms with E-state index in [1.807, 2.05) is 32.0 Å². The highest BCUT2D eigenvalue weighted by Crippen LogP contribution is 2.25. The Balaban J connectivity index is 0.000000207. The monoisotopic (exact) mass is 491 g/mol. The second-order valence-corrected chi connectivity index (χ2v) is 8.99. The molecular formula is C27H33N5O2S. The molecule has 0 atom stereocenters. The number of aromatic nitrogens is 2. The van der Waals surface area contributed by atoms with Gasteiger partial charge >= 0.3 is 0 Å². The Morgan fingerprint density at radius 2 is 1.80 bits per heavy atom. The Labute approximate surface area is 211 Å². The number of nitrogens with two attached hydrogens (primary N) is 1. The average molecular weight is 492 g/mol. The van der Waals surface area contributed by atoms with Crippen LogP contribution in [0.4, 0.5) is 10.7 Å². The lowest BCUT2D eigenvalue weighted by Crippen LogP contribution is -2.23. The fourth-order valence-electron chi connectivity index (χ4n) is 3.98. The molecule has 0 unspecified atom stereocenters. The van der Waals surface area contributed by atoms with Gasteiger partial charge in [0.2, 0.25) is 5.95 Å². The molecule has 2 amide bonds. The van der Waals surface area contributed by atoms with E-state index in [9.17, 15) is 9.59 Å². The van der Waals surface area contributed by atoms with Gasteiger partial charge in [0, 0.05) is 18.8 Å². The molecule has 4 N–H and O–H groups in total. The Bertz CT molecular complexity index is 1170. The molecule has 2 fully saturated rings. The molecule has 0 radical (unpaired) electrons. The van der Waals surface area contributed by atoms with Gasteiger partial charge in [-0.2, -0.15) is 0 Å². The highest BCUT2D eigenvalue weighted by molar-refractivity contribution is 8.18. The molecule has 0 spiro atoms. The van der Waals surface area contributed by atoms with E-state index >= 15 is 0 Å². The maximum atomic E-state index is 11.5. The molecule has 2 aromatic carbocycles. The van der Waals surface area contributed by atoms with Crippen LogP contribution in [0.15, 0.2) is 59.6 Å². The van der Waals surface area contributed by atoms with Crippen molar-refractivity contribution in [3.8, 4) is 0 Å². The lowest BCUT2D eigenvalue weighted by Gasteiger charge is -2.22. The molecule has 35 heavy (non-hydrogen) atoms. The molecule has 8 heteroatoms. The molecule has 7 nitrogen and oxygen atoms in total. The summed E-state index contributed by atoms with van der Waals surface area (Å²) in [6.07, 6.45) is 9.32. The molecule has 2 heterocycles. The van der Waals surface area contributed by atoms with Crippen molar-refractivity contribution in [2.24, 2.45) is 5.73 Å². The third-order valence-corrected chi connectivity index (χ3v) is 6.45. The minimum atomic E-state index is -0.370. The van der Waals surface area contributed by atoms with E-state index in [0.29, 0.717) is 29.1 Å². The number of amides is 2. The van der Waals surface area contributed by atoms with E-state index in [-0.39, 0.29) is 11.1 Å². The highest BCUT2D eigenvalue weighted by atomic mass is 32.2. The summed E-state index contributed by atoms with van der Waals surface area (Å²) in [7, 11) is 0. The first-order valence-corrected chi connectivity index (χ1v) is 12.9. The molecule has 1 saturated heterocycles. The van der Waals surface area contributed by atoms with Gasteiger partial charge in [-0.1, -0.05) is 75.6 Å². The van der Waals surface area contributed by atoms with Crippen LogP contribution < -0.4 is 16.4 Å². The molecule has 184 valence electrons. The van der Waals surface area contributed by atoms with E-state index in [1.165, 1.54) is 35.6 Å². The molecule has 1 aromatic heterocycles. The van der Waals surface area contributed by atoms with Crippen molar-refractivity contribution in [3.05, 3.63) is 70.9 Å². The fourth-order valence-corrected chi connectivity index (χ4v) is 4.64. The predicted molar refractivity (Wildman–Crippen MR) is 145 cm³/mol. The second-order valence-electron chi connectivity index (χ2n) is 7.98. The number of anilines is 1. The largest absolute Gasteiger partial charge is 0.351 e. The molecule has 1 aliphatic carbocycles. The average Bonchev–Trinajstić information content (AvgIpc) is 3.22. The van der Waals surface area contributed by atoms with Gasteiger partial charge < -0.3 is 11.1 Å². The second kappa shape index (κ2) is 13.6. The molecule has 5 rings (SSSR count). The maximum Gasteiger partial charge on any atom is 0.290 e. The first kappa shape index (κ1) is 26.4. The summed E-state index contributed by atoms with van der Waals surface area (Å²) >= 11 is 0.891. The third-order valence-electron chi connectivity index (χ3n) is 5.64. The third kappa shape index (κ3) is 7.63. The summed E-state index contributed by atoms with van der Waals surface area (Å²) in [6.45, 7) is 4.61. The van der Waals surface area contributed by atoms with Crippen molar-refractivity contribution < 1.29 is 9.59 Å². The summed E-state index contributed by atoms with van der Waals surface area (Å²) in [4.78, 5) is 31.6. The van der Waals surface area contributed by atoms with E-state index in [0.717, 1.165) is 24.6 Å². The van der Waals surface area contributed by atoms with Crippen LogP contribution in [0.1, 0.15) is 57.2 Å². The predicted octanol–water partition coefficient (Wildman–Crippen LogP) is 5.87. The molecule has 1 aliphatic heterocycles. The van der Waals surface area contributed by atoms with Gasteiger partial charge in [0.25, 0.3) is 11.1 Å². The zero-order valence-corrected chi connectivity index (χ0v) is 21.1. The number of benzene rings is 2. The minimum absolute atomic E-state index is 0.346. The lowest BCUT2D eigenvalue weighted by atomic mass is 9.96. The van der Waals surface area contributed by atoms with Crippen molar-refractivity contribution in [3.63, 3.8) is 0 Å². The number of fused-ring (bicyclic) bond motifs is 1. The SMILES string of the molecule is CC.NCc1cccc2ccccc12.O=C1NC(=O)/C(=C/c2ccnc(NC3CCCCC3)n2)S1. The van der Waals surface area contributed by atoms with Crippen molar-refractivity contribution in [2.75, 3.05) is 5.32 Å². The summed E-state index contributed by atoms with van der Waals surface area (Å²) in [5.41, 5.74) is 7.45. The molecule has 0 bridgehead atoms. The minimum Gasteiger partial charge on any atom is -0.351 e. The van der Waals surface area contributed by atoms with E-state index in [4.69, 9.17) is 5.73 Å². The van der Waals surface area contributed by atoms with Crippen molar-refractivity contribution in [1.82, 2.24) is 15.3 Å². The summed E-state index contributed by atoms with van der Waals surface area (Å²) < 4.78 is 0. The van der Waals surface area contributed by atoms with Crippen LogP contribution in [0.3, 0.4) is 0 Å². The Morgan fingerprint density at radius 1 is 1.06 bits per heavy atom.